The van der Waals surface area contributed by atoms with Crippen molar-refractivity contribution in [2.75, 3.05) is 0 Å². The Morgan fingerprint density at radius 2 is 1.14 bits per heavy atom. The van der Waals surface area contributed by atoms with Crippen LogP contribution in [0.15, 0.2) is 0 Å². The van der Waals surface area contributed by atoms with Crippen LogP contribution in [-0.4, -0.2) is 23.1 Å². The zero-order valence-electron chi connectivity index (χ0n) is 18.7. The van der Waals surface area contributed by atoms with E-state index in [1.54, 1.807) is 0 Å². The summed E-state index contributed by atoms with van der Waals surface area (Å²) in [6.07, 6.45) is 20.4. The summed E-state index contributed by atoms with van der Waals surface area (Å²) in [5.41, 5.74) is 0. The van der Waals surface area contributed by atoms with Gasteiger partial charge in [0.1, 0.15) is 6.10 Å². The summed E-state index contributed by atoms with van der Waals surface area (Å²) in [4.78, 5) is 22.6. The van der Waals surface area contributed by atoms with Gasteiger partial charge in [0.15, 0.2) is 0 Å². The van der Waals surface area contributed by atoms with Crippen LogP contribution in [0.4, 0.5) is 0 Å². The van der Waals surface area contributed by atoms with Gasteiger partial charge in [-0.1, -0.05) is 97.3 Å². The van der Waals surface area contributed by atoms with Gasteiger partial charge in [0.2, 0.25) is 0 Å². The minimum atomic E-state index is -0.784. The second kappa shape index (κ2) is 20.7. The van der Waals surface area contributed by atoms with Crippen LogP contribution in [0.1, 0.15) is 136 Å². The van der Waals surface area contributed by atoms with Gasteiger partial charge >= 0.3 is 11.9 Å². The lowest BCUT2D eigenvalue weighted by molar-refractivity contribution is -0.150. The summed E-state index contributed by atoms with van der Waals surface area (Å²) in [7, 11) is 0. The van der Waals surface area contributed by atoms with Crippen molar-refractivity contribution in [3.8, 4) is 0 Å². The van der Waals surface area contributed by atoms with E-state index in [4.69, 9.17) is 9.84 Å². The molecule has 0 aromatic heterocycles. The van der Waals surface area contributed by atoms with Gasteiger partial charge in [0.25, 0.3) is 0 Å². The number of hydrogen-bond donors (Lipinski definition) is 1. The van der Waals surface area contributed by atoms with Crippen LogP contribution >= 0.6 is 0 Å². The lowest BCUT2D eigenvalue weighted by atomic mass is 10.0. The third-order valence-corrected chi connectivity index (χ3v) is 5.31. The molecule has 1 N–H and O–H groups in total. The average molecular weight is 399 g/mol. The Kier molecular flexibility index (Phi) is 19.9. The highest BCUT2D eigenvalue weighted by Crippen LogP contribution is 2.15. The molecule has 0 rings (SSSR count). The predicted molar refractivity (Wildman–Crippen MR) is 117 cm³/mol. The van der Waals surface area contributed by atoms with E-state index in [9.17, 15) is 9.59 Å². The molecule has 0 saturated heterocycles. The van der Waals surface area contributed by atoms with E-state index < -0.39 is 5.97 Å². The van der Waals surface area contributed by atoms with Crippen LogP contribution in [0.2, 0.25) is 0 Å². The maximum absolute atomic E-state index is 12.0. The monoisotopic (exact) mass is 398 g/mol. The summed E-state index contributed by atoms with van der Waals surface area (Å²) in [6.45, 7) is 4.32. The number of hydrogen-bond acceptors (Lipinski definition) is 3. The molecular formula is C24H46O4. The zero-order chi connectivity index (χ0) is 20.9. The minimum absolute atomic E-state index is 0.112. The molecule has 0 aliphatic heterocycles. The van der Waals surface area contributed by atoms with Crippen molar-refractivity contribution >= 4 is 11.9 Å². The van der Waals surface area contributed by atoms with Gasteiger partial charge in [-0.3, -0.25) is 9.59 Å². The standard InChI is InChI=1S/C24H46O4/c1-3-5-6-7-8-9-10-11-12-13-14-15-16-21-24(27)28-22(18-4-2)19-17-20-23(25)26/h22H,3-21H2,1-2H3,(H,25,26). The van der Waals surface area contributed by atoms with Gasteiger partial charge in [-0.15, -0.1) is 0 Å². The number of aliphatic carboxylic acids is 1. The van der Waals surface area contributed by atoms with E-state index in [1.165, 1.54) is 70.6 Å². The molecule has 4 nitrogen and oxygen atoms in total. The van der Waals surface area contributed by atoms with Crippen molar-refractivity contribution in [2.24, 2.45) is 0 Å². The smallest absolute Gasteiger partial charge is 0.306 e. The first-order valence-corrected chi connectivity index (χ1v) is 12.0. The van der Waals surface area contributed by atoms with Crippen molar-refractivity contribution in [1.82, 2.24) is 0 Å². The van der Waals surface area contributed by atoms with Gasteiger partial charge in [-0.05, 0) is 25.7 Å². The van der Waals surface area contributed by atoms with Gasteiger partial charge < -0.3 is 9.84 Å². The number of ether oxygens (including phenoxy) is 1. The molecule has 0 aliphatic rings. The summed E-state index contributed by atoms with van der Waals surface area (Å²) in [6, 6.07) is 0. The Morgan fingerprint density at radius 3 is 1.61 bits per heavy atom. The molecule has 0 bridgehead atoms. The number of carboxylic acids is 1. The van der Waals surface area contributed by atoms with E-state index in [2.05, 4.69) is 13.8 Å². The van der Waals surface area contributed by atoms with Crippen LogP contribution in [0.25, 0.3) is 0 Å². The summed E-state index contributed by atoms with van der Waals surface area (Å²) in [5.74, 6) is -0.898. The van der Waals surface area contributed by atoms with Crippen molar-refractivity contribution < 1.29 is 19.4 Å². The molecular weight excluding hydrogens is 352 g/mol. The molecule has 0 radical (unpaired) electrons. The van der Waals surface area contributed by atoms with Crippen molar-refractivity contribution in [3.05, 3.63) is 0 Å². The Hall–Kier alpha value is -1.06. The van der Waals surface area contributed by atoms with Gasteiger partial charge in [-0.25, -0.2) is 0 Å². The van der Waals surface area contributed by atoms with Gasteiger partial charge in [0.05, 0.1) is 0 Å². The molecule has 0 saturated carbocycles. The number of unbranched alkanes of at least 4 members (excludes halogenated alkanes) is 12. The first kappa shape index (κ1) is 26.9. The summed E-state index contributed by atoms with van der Waals surface area (Å²) >= 11 is 0. The number of carbonyl (C=O) groups excluding carboxylic acids is 1. The fourth-order valence-electron chi connectivity index (χ4n) is 3.60. The Labute approximate surface area is 173 Å². The largest absolute Gasteiger partial charge is 0.481 e. The second-order valence-electron chi connectivity index (χ2n) is 8.18. The predicted octanol–water partition coefficient (Wildman–Crippen LogP) is 7.43. The van der Waals surface area contributed by atoms with Crippen LogP contribution in [0.5, 0.6) is 0 Å². The molecule has 166 valence electrons. The lowest BCUT2D eigenvalue weighted by Crippen LogP contribution is -2.18. The Balaban J connectivity index is 3.50. The first-order valence-electron chi connectivity index (χ1n) is 12.0. The fourth-order valence-corrected chi connectivity index (χ4v) is 3.60. The maximum atomic E-state index is 12.0. The molecule has 0 aliphatic carbocycles. The Morgan fingerprint density at radius 1 is 0.643 bits per heavy atom. The molecule has 0 aromatic carbocycles. The molecule has 0 aromatic rings. The van der Waals surface area contributed by atoms with Crippen LogP contribution in [0, 0.1) is 0 Å². The van der Waals surface area contributed by atoms with Gasteiger partial charge in [-0.2, -0.15) is 0 Å². The van der Waals surface area contributed by atoms with E-state index >= 15 is 0 Å². The third kappa shape index (κ3) is 19.7. The molecule has 28 heavy (non-hydrogen) atoms. The Bertz CT molecular complexity index is 368. The number of rotatable bonds is 21. The highest BCUT2D eigenvalue weighted by atomic mass is 16.5. The summed E-state index contributed by atoms with van der Waals surface area (Å²) in [5, 5.41) is 8.72. The van der Waals surface area contributed by atoms with Crippen LogP contribution < -0.4 is 0 Å². The normalized spacial score (nSPS) is 12.1. The lowest BCUT2D eigenvalue weighted by Gasteiger charge is -2.17. The van der Waals surface area contributed by atoms with Gasteiger partial charge in [0, 0.05) is 12.8 Å². The fraction of sp³-hybridized carbons (Fsp3) is 0.917. The maximum Gasteiger partial charge on any atom is 0.306 e. The third-order valence-electron chi connectivity index (χ3n) is 5.31. The van der Waals surface area contributed by atoms with E-state index in [-0.39, 0.29) is 18.5 Å². The SMILES string of the molecule is CCCCCCCCCCCCCCCC(=O)OC(CCC)CCCC(=O)O. The molecule has 0 amide bonds. The molecule has 0 heterocycles. The number of esters is 1. The van der Waals surface area contributed by atoms with Crippen LogP contribution in [0.3, 0.4) is 0 Å². The highest BCUT2D eigenvalue weighted by molar-refractivity contribution is 5.69. The molecule has 0 spiro atoms. The van der Waals surface area contributed by atoms with Crippen molar-refractivity contribution in [3.63, 3.8) is 0 Å². The summed E-state index contributed by atoms with van der Waals surface area (Å²) < 4.78 is 5.55. The molecule has 1 unspecified atom stereocenters. The first-order chi connectivity index (χ1) is 13.6. The molecule has 4 heteroatoms. The van der Waals surface area contributed by atoms with Crippen molar-refractivity contribution in [2.45, 2.75) is 142 Å². The van der Waals surface area contributed by atoms with E-state index in [0.29, 0.717) is 19.3 Å². The zero-order valence-corrected chi connectivity index (χ0v) is 18.7. The van der Waals surface area contributed by atoms with Crippen molar-refractivity contribution in [1.29, 1.82) is 0 Å². The van der Waals surface area contributed by atoms with Crippen LogP contribution in [-0.2, 0) is 14.3 Å². The number of carbonyl (C=O) groups is 2. The average Bonchev–Trinajstić information content (AvgIpc) is 2.65. The second-order valence-corrected chi connectivity index (χ2v) is 8.18. The van der Waals surface area contributed by atoms with E-state index in [0.717, 1.165) is 25.7 Å². The topological polar surface area (TPSA) is 63.6 Å². The molecule has 1 atom stereocenters. The van der Waals surface area contributed by atoms with E-state index in [1.807, 2.05) is 0 Å². The number of carboxylic acid groups (broad SMARTS) is 1. The minimum Gasteiger partial charge on any atom is -0.481 e. The molecule has 0 fully saturated rings. The highest BCUT2D eigenvalue weighted by Gasteiger charge is 2.14. The quantitative estimate of drug-likeness (QED) is 0.161.